The Kier molecular flexibility index (Phi) is 5.48. The third kappa shape index (κ3) is 3.77. The average molecular weight is 426 g/mol. The molecule has 0 aliphatic rings. The summed E-state index contributed by atoms with van der Waals surface area (Å²) < 4.78 is 13.9. The van der Waals surface area contributed by atoms with E-state index in [1.807, 2.05) is 18.2 Å². The van der Waals surface area contributed by atoms with Crippen molar-refractivity contribution in [3.63, 3.8) is 0 Å². The summed E-state index contributed by atoms with van der Waals surface area (Å²) in [5.41, 5.74) is 2.43. The van der Waals surface area contributed by atoms with E-state index in [1.54, 1.807) is 47.7 Å². The molecule has 2 aromatic heterocycles. The van der Waals surface area contributed by atoms with Crippen LogP contribution in [0.15, 0.2) is 65.7 Å². The van der Waals surface area contributed by atoms with E-state index < -0.39 is 6.10 Å². The minimum atomic E-state index is -0.608. The van der Waals surface area contributed by atoms with Crippen LogP contribution in [0.4, 0.5) is 0 Å². The third-order valence-electron chi connectivity index (χ3n) is 4.61. The highest BCUT2D eigenvalue weighted by atomic mass is 35.5. The lowest BCUT2D eigenvalue weighted by Crippen LogP contribution is -2.26. The normalized spacial score (nSPS) is 12.1. The summed E-state index contributed by atoms with van der Waals surface area (Å²) >= 11 is 5.99. The molecule has 0 amide bonds. The minimum Gasteiger partial charge on any atom is -0.493 e. The molecular formula is C22H20ClN3O4. The van der Waals surface area contributed by atoms with Crippen molar-refractivity contribution in [1.29, 1.82) is 0 Å². The lowest BCUT2D eigenvalue weighted by molar-refractivity contribution is 0.120. The molecule has 2 heterocycles. The Morgan fingerprint density at radius 2 is 1.87 bits per heavy atom. The van der Waals surface area contributed by atoms with Gasteiger partial charge in [-0.25, -0.2) is 14.2 Å². The van der Waals surface area contributed by atoms with Gasteiger partial charge in [0.15, 0.2) is 11.5 Å². The number of methoxy groups -OCH3 is 1. The SMILES string of the molecule is COc1cc(-n2cnc3ccc(-c4ccc(Cl)cc4)n3c2=O)ccc1OCC(C)O. The monoisotopic (exact) mass is 425 g/mol. The predicted octanol–water partition coefficient (Wildman–Crippen LogP) is 3.57. The van der Waals surface area contributed by atoms with Gasteiger partial charge in [-0.05, 0) is 48.9 Å². The summed E-state index contributed by atoms with van der Waals surface area (Å²) in [5.74, 6) is 0.928. The molecule has 0 spiro atoms. The Balaban J connectivity index is 1.80. The molecule has 7 nitrogen and oxygen atoms in total. The summed E-state index contributed by atoms with van der Waals surface area (Å²) in [4.78, 5) is 17.7. The average Bonchev–Trinajstić information content (AvgIpc) is 3.18. The number of hydrogen-bond donors (Lipinski definition) is 1. The molecule has 4 rings (SSSR count). The summed E-state index contributed by atoms with van der Waals surface area (Å²) in [6, 6.07) is 16.1. The summed E-state index contributed by atoms with van der Waals surface area (Å²) in [5, 5.41) is 10.1. The Labute approximate surface area is 177 Å². The van der Waals surface area contributed by atoms with Gasteiger partial charge in [0.05, 0.1) is 24.6 Å². The predicted molar refractivity (Wildman–Crippen MR) is 115 cm³/mol. The van der Waals surface area contributed by atoms with Gasteiger partial charge in [-0.15, -0.1) is 0 Å². The summed E-state index contributed by atoms with van der Waals surface area (Å²) in [7, 11) is 1.52. The van der Waals surface area contributed by atoms with E-state index in [0.717, 1.165) is 11.3 Å². The lowest BCUT2D eigenvalue weighted by atomic mass is 10.1. The highest BCUT2D eigenvalue weighted by Gasteiger charge is 2.14. The van der Waals surface area contributed by atoms with Crippen LogP contribution in [0, 0.1) is 0 Å². The molecule has 1 unspecified atom stereocenters. The van der Waals surface area contributed by atoms with Crippen LogP contribution in [0.25, 0.3) is 22.6 Å². The van der Waals surface area contributed by atoms with Crippen LogP contribution < -0.4 is 15.2 Å². The van der Waals surface area contributed by atoms with Gasteiger partial charge in [0, 0.05) is 11.1 Å². The Bertz CT molecular complexity index is 1250. The van der Waals surface area contributed by atoms with Gasteiger partial charge in [-0.3, -0.25) is 4.57 Å². The number of aliphatic hydroxyl groups is 1. The first-order valence-electron chi connectivity index (χ1n) is 9.32. The number of nitrogens with zero attached hydrogens (tertiary/aromatic N) is 3. The lowest BCUT2D eigenvalue weighted by Gasteiger charge is -2.14. The molecule has 1 N–H and O–H groups in total. The van der Waals surface area contributed by atoms with Gasteiger partial charge in [0.25, 0.3) is 0 Å². The number of fused-ring (bicyclic) bond motifs is 1. The number of benzene rings is 2. The number of aliphatic hydroxyl groups excluding tert-OH is 1. The van der Waals surface area contributed by atoms with Gasteiger partial charge in [-0.1, -0.05) is 23.7 Å². The summed E-state index contributed by atoms with van der Waals surface area (Å²) in [6.07, 6.45) is 0.873. The van der Waals surface area contributed by atoms with Crippen LogP contribution >= 0.6 is 11.6 Å². The first kappa shape index (κ1) is 20.0. The van der Waals surface area contributed by atoms with Crippen LogP contribution in [0.1, 0.15) is 6.92 Å². The molecule has 154 valence electrons. The minimum absolute atomic E-state index is 0.136. The summed E-state index contributed by atoms with van der Waals surface area (Å²) in [6.45, 7) is 1.77. The van der Waals surface area contributed by atoms with Crippen molar-refractivity contribution in [3.05, 3.63) is 76.4 Å². The second-order valence-corrected chi connectivity index (χ2v) is 7.25. The standard InChI is InChI=1S/C22H20ClN3O4/c1-14(27)12-30-19-9-7-17(11-20(19)29-2)25-13-24-21-10-8-18(26(21)22(25)28)15-3-5-16(23)6-4-15/h3-11,13-14,27H,12H2,1-2H3. The number of halogens is 1. The molecule has 0 bridgehead atoms. The van der Waals surface area contributed by atoms with Crippen LogP contribution in [0.2, 0.25) is 5.02 Å². The molecule has 2 aromatic carbocycles. The van der Waals surface area contributed by atoms with E-state index in [0.29, 0.717) is 27.9 Å². The van der Waals surface area contributed by atoms with Crippen molar-refractivity contribution in [2.75, 3.05) is 13.7 Å². The second kappa shape index (κ2) is 8.22. The van der Waals surface area contributed by atoms with Crippen molar-refractivity contribution in [2.24, 2.45) is 0 Å². The van der Waals surface area contributed by atoms with E-state index in [4.69, 9.17) is 21.1 Å². The number of hydrogen-bond acceptors (Lipinski definition) is 5. The molecule has 8 heteroatoms. The zero-order valence-corrected chi connectivity index (χ0v) is 17.2. The van der Waals surface area contributed by atoms with Crippen LogP contribution in [-0.2, 0) is 0 Å². The molecule has 0 saturated heterocycles. The maximum Gasteiger partial charge on any atom is 0.340 e. The Morgan fingerprint density at radius 3 is 2.57 bits per heavy atom. The van der Waals surface area contributed by atoms with Crippen molar-refractivity contribution in [1.82, 2.24) is 14.0 Å². The Hall–Kier alpha value is -3.29. The number of rotatable bonds is 6. The van der Waals surface area contributed by atoms with E-state index in [9.17, 15) is 9.90 Å². The van der Waals surface area contributed by atoms with Crippen molar-refractivity contribution in [2.45, 2.75) is 13.0 Å². The van der Waals surface area contributed by atoms with Gasteiger partial charge >= 0.3 is 5.69 Å². The van der Waals surface area contributed by atoms with E-state index in [-0.39, 0.29) is 12.3 Å². The van der Waals surface area contributed by atoms with E-state index in [2.05, 4.69) is 4.98 Å². The fourth-order valence-corrected chi connectivity index (χ4v) is 3.29. The first-order chi connectivity index (χ1) is 14.5. The van der Waals surface area contributed by atoms with E-state index in [1.165, 1.54) is 18.0 Å². The molecule has 0 aliphatic carbocycles. The van der Waals surface area contributed by atoms with Gasteiger partial charge in [0.1, 0.15) is 18.6 Å². The topological polar surface area (TPSA) is 78.0 Å². The highest BCUT2D eigenvalue weighted by molar-refractivity contribution is 6.30. The zero-order chi connectivity index (χ0) is 21.3. The first-order valence-corrected chi connectivity index (χ1v) is 9.70. The Morgan fingerprint density at radius 1 is 1.10 bits per heavy atom. The molecule has 0 radical (unpaired) electrons. The number of aromatic nitrogens is 3. The molecule has 4 aromatic rings. The molecule has 0 saturated carbocycles. The van der Waals surface area contributed by atoms with Crippen LogP contribution in [-0.4, -0.2) is 38.9 Å². The molecule has 0 fully saturated rings. The van der Waals surface area contributed by atoms with Crippen molar-refractivity contribution < 1.29 is 14.6 Å². The van der Waals surface area contributed by atoms with Crippen molar-refractivity contribution >= 4 is 17.2 Å². The highest BCUT2D eigenvalue weighted by Crippen LogP contribution is 2.29. The van der Waals surface area contributed by atoms with E-state index >= 15 is 0 Å². The molecular weight excluding hydrogens is 406 g/mol. The largest absolute Gasteiger partial charge is 0.493 e. The van der Waals surface area contributed by atoms with Gasteiger partial charge in [0.2, 0.25) is 0 Å². The quantitative estimate of drug-likeness (QED) is 0.511. The number of ether oxygens (including phenoxy) is 2. The fourth-order valence-electron chi connectivity index (χ4n) is 3.16. The van der Waals surface area contributed by atoms with Crippen LogP contribution in [0.3, 0.4) is 0 Å². The van der Waals surface area contributed by atoms with Gasteiger partial charge in [-0.2, -0.15) is 0 Å². The molecule has 30 heavy (non-hydrogen) atoms. The maximum absolute atomic E-state index is 13.3. The van der Waals surface area contributed by atoms with Gasteiger partial charge < -0.3 is 14.6 Å². The van der Waals surface area contributed by atoms with Crippen molar-refractivity contribution in [3.8, 4) is 28.4 Å². The fraction of sp³-hybridized carbons (Fsp3) is 0.182. The molecule has 0 aliphatic heterocycles. The maximum atomic E-state index is 13.3. The van der Waals surface area contributed by atoms with Crippen LogP contribution in [0.5, 0.6) is 11.5 Å². The third-order valence-corrected chi connectivity index (χ3v) is 4.86. The molecule has 1 atom stereocenters. The smallest absolute Gasteiger partial charge is 0.340 e. The second-order valence-electron chi connectivity index (χ2n) is 6.81. The zero-order valence-electron chi connectivity index (χ0n) is 16.4.